The maximum atomic E-state index is 11.1. The minimum absolute atomic E-state index is 0.00589. The number of rotatable bonds is 6. The molecule has 2 aromatic carbocycles. The maximum Gasteiger partial charge on any atom is 0.354 e. The summed E-state index contributed by atoms with van der Waals surface area (Å²) >= 11 is 6.77. The molecule has 5 nitrogen and oxygen atoms in total. The fourth-order valence-corrected chi connectivity index (χ4v) is 6.53. The summed E-state index contributed by atoms with van der Waals surface area (Å²) in [4.78, 5) is 15.2. The molecule has 1 heterocycles. The van der Waals surface area contributed by atoms with Crippen LogP contribution in [0.2, 0.25) is 5.02 Å². The molecule has 0 aliphatic heterocycles. The van der Waals surface area contributed by atoms with Gasteiger partial charge in [0.15, 0.2) is 5.69 Å². The number of carboxylic acid groups (broad SMARTS) is 1. The SMILES string of the molecule is CC1CC2CC(C)CC2(c2ccc(Nc3ccc(Nc4cccc(C(=O)O)n4)cc3)c(Cl)c2)C1. The molecular weight excluding hydrogens is 446 g/mol. The molecule has 2 fully saturated rings. The Morgan fingerprint density at radius 2 is 1.62 bits per heavy atom. The van der Waals surface area contributed by atoms with Gasteiger partial charge in [0.05, 0.1) is 10.7 Å². The summed E-state index contributed by atoms with van der Waals surface area (Å²) < 4.78 is 0. The van der Waals surface area contributed by atoms with Gasteiger partial charge in [-0.3, -0.25) is 0 Å². The van der Waals surface area contributed by atoms with Crippen LogP contribution in [-0.2, 0) is 5.41 Å². The number of pyridine rings is 1. The van der Waals surface area contributed by atoms with Crippen molar-refractivity contribution in [1.29, 1.82) is 0 Å². The minimum Gasteiger partial charge on any atom is -0.477 e. The van der Waals surface area contributed by atoms with E-state index in [9.17, 15) is 4.79 Å². The average Bonchev–Trinajstić information content (AvgIpc) is 3.28. The number of halogens is 1. The summed E-state index contributed by atoms with van der Waals surface area (Å²) in [5.41, 5.74) is 4.33. The van der Waals surface area contributed by atoms with E-state index in [1.54, 1.807) is 12.1 Å². The number of nitrogens with zero attached hydrogens (tertiary/aromatic N) is 1. The van der Waals surface area contributed by atoms with Gasteiger partial charge in [-0.15, -0.1) is 0 Å². The Kier molecular flexibility index (Phi) is 5.98. The van der Waals surface area contributed by atoms with Gasteiger partial charge < -0.3 is 15.7 Å². The third-order valence-electron chi connectivity index (χ3n) is 7.53. The second-order valence-electron chi connectivity index (χ2n) is 10.2. The molecule has 2 aliphatic carbocycles. The Morgan fingerprint density at radius 1 is 0.971 bits per heavy atom. The first-order valence-corrected chi connectivity index (χ1v) is 12.3. The van der Waals surface area contributed by atoms with Crippen molar-refractivity contribution in [3.05, 3.63) is 76.9 Å². The number of carboxylic acids is 1. The van der Waals surface area contributed by atoms with Crippen LogP contribution in [0.1, 0.15) is 55.6 Å². The van der Waals surface area contributed by atoms with Gasteiger partial charge in [-0.25, -0.2) is 9.78 Å². The van der Waals surface area contributed by atoms with Gasteiger partial charge in [0.25, 0.3) is 0 Å². The fraction of sp³-hybridized carbons (Fsp3) is 0.357. The first-order chi connectivity index (χ1) is 16.3. The summed E-state index contributed by atoms with van der Waals surface area (Å²) in [7, 11) is 0. The summed E-state index contributed by atoms with van der Waals surface area (Å²) in [5, 5.41) is 16.4. The molecule has 0 radical (unpaired) electrons. The topological polar surface area (TPSA) is 74.2 Å². The number of anilines is 4. The van der Waals surface area contributed by atoms with Crippen LogP contribution in [-0.4, -0.2) is 16.1 Å². The first-order valence-electron chi connectivity index (χ1n) is 12.0. The lowest BCUT2D eigenvalue weighted by Crippen LogP contribution is -2.25. The normalized spacial score (nSPS) is 25.7. The number of aromatic carboxylic acids is 1. The van der Waals surface area contributed by atoms with E-state index in [1.165, 1.54) is 37.3 Å². The summed E-state index contributed by atoms with van der Waals surface area (Å²) in [6.45, 7) is 4.78. The van der Waals surface area contributed by atoms with Crippen molar-refractivity contribution in [1.82, 2.24) is 4.98 Å². The molecular formula is C28H30ClN3O2. The number of carbonyl (C=O) groups is 1. The molecule has 0 saturated heterocycles. The molecule has 2 unspecified atom stereocenters. The van der Waals surface area contributed by atoms with Crippen molar-refractivity contribution in [2.45, 2.75) is 44.9 Å². The number of fused-ring (bicyclic) bond motifs is 1. The van der Waals surface area contributed by atoms with E-state index in [4.69, 9.17) is 16.7 Å². The number of aromatic nitrogens is 1. The summed E-state index contributed by atoms with van der Waals surface area (Å²) in [6, 6.07) is 19.2. The Labute approximate surface area is 205 Å². The van der Waals surface area contributed by atoms with Crippen LogP contribution in [0.3, 0.4) is 0 Å². The molecule has 2 aliphatic rings. The van der Waals surface area contributed by atoms with E-state index >= 15 is 0 Å². The Bertz CT molecular complexity index is 1200. The standard InChI is InChI=1S/C28H30ClN3O2/c1-17-12-20-13-18(2)16-28(20,15-17)19-6-11-24(23(29)14-19)30-21-7-9-22(10-8-21)31-26-5-3-4-25(32-26)27(33)34/h3-11,14,17-18,20,30H,12-13,15-16H2,1-2H3,(H,31,32)(H,33,34). The van der Waals surface area contributed by atoms with Gasteiger partial charge >= 0.3 is 5.97 Å². The van der Waals surface area contributed by atoms with Crippen LogP contribution in [0, 0.1) is 17.8 Å². The van der Waals surface area contributed by atoms with E-state index < -0.39 is 5.97 Å². The fourth-order valence-electron chi connectivity index (χ4n) is 6.31. The van der Waals surface area contributed by atoms with Crippen molar-refractivity contribution in [3.63, 3.8) is 0 Å². The predicted molar refractivity (Wildman–Crippen MR) is 138 cm³/mol. The first kappa shape index (κ1) is 22.7. The van der Waals surface area contributed by atoms with Gasteiger partial charge in [-0.05, 0) is 103 Å². The van der Waals surface area contributed by atoms with Crippen LogP contribution >= 0.6 is 11.6 Å². The molecule has 3 aromatic rings. The smallest absolute Gasteiger partial charge is 0.354 e. The van der Waals surface area contributed by atoms with E-state index in [0.717, 1.165) is 39.8 Å². The molecule has 34 heavy (non-hydrogen) atoms. The number of nitrogens with one attached hydrogen (secondary N) is 2. The summed E-state index contributed by atoms with van der Waals surface area (Å²) in [5.74, 6) is 1.77. The van der Waals surface area contributed by atoms with Gasteiger partial charge in [0.1, 0.15) is 5.82 Å². The van der Waals surface area contributed by atoms with Crippen molar-refractivity contribution < 1.29 is 9.90 Å². The molecule has 6 heteroatoms. The van der Waals surface area contributed by atoms with Gasteiger partial charge in [-0.2, -0.15) is 0 Å². The third kappa shape index (κ3) is 4.37. The zero-order chi connectivity index (χ0) is 23.9. The molecule has 0 amide bonds. The van der Waals surface area contributed by atoms with Crippen LogP contribution in [0.25, 0.3) is 0 Å². The van der Waals surface area contributed by atoms with Gasteiger partial charge in [-0.1, -0.05) is 37.6 Å². The number of benzene rings is 2. The van der Waals surface area contributed by atoms with Crippen LogP contribution in [0.5, 0.6) is 0 Å². The lowest BCUT2D eigenvalue weighted by Gasteiger charge is -2.31. The lowest BCUT2D eigenvalue weighted by atomic mass is 9.73. The molecule has 3 N–H and O–H groups in total. The van der Waals surface area contributed by atoms with E-state index in [0.29, 0.717) is 11.2 Å². The zero-order valence-electron chi connectivity index (χ0n) is 19.5. The monoisotopic (exact) mass is 475 g/mol. The van der Waals surface area contributed by atoms with E-state index in [-0.39, 0.29) is 5.69 Å². The van der Waals surface area contributed by atoms with E-state index in [2.05, 4.69) is 47.7 Å². The van der Waals surface area contributed by atoms with Gasteiger partial charge in [0, 0.05) is 11.4 Å². The quantitative estimate of drug-likeness (QED) is 0.341. The highest BCUT2D eigenvalue weighted by Crippen LogP contribution is 2.59. The van der Waals surface area contributed by atoms with Crippen LogP contribution in [0.4, 0.5) is 22.9 Å². The summed E-state index contributed by atoms with van der Waals surface area (Å²) in [6.07, 6.45) is 5.20. The lowest BCUT2D eigenvalue weighted by molar-refractivity contribution is 0.0690. The largest absolute Gasteiger partial charge is 0.477 e. The highest BCUT2D eigenvalue weighted by molar-refractivity contribution is 6.33. The maximum absolute atomic E-state index is 11.1. The third-order valence-corrected chi connectivity index (χ3v) is 7.84. The Balaban J connectivity index is 1.30. The molecule has 0 spiro atoms. The molecule has 176 valence electrons. The molecule has 2 atom stereocenters. The van der Waals surface area contributed by atoms with Crippen LogP contribution in [0.15, 0.2) is 60.7 Å². The van der Waals surface area contributed by atoms with Crippen LogP contribution < -0.4 is 10.6 Å². The van der Waals surface area contributed by atoms with Gasteiger partial charge in [0.2, 0.25) is 0 Å². The molecule has 0 bridgehead atoms. The molecule has 5 rings (SSSR count). The number of hydrogen-bond acceptors (Lipinski definition) is 4. The van der Waals surface area contributed by atoms with Crippen molar-refractivity contribution in [2.24, 2.45) is 17.8 Å². The second kappa shape index (κ2) is 8.95. The van der Waals surface area contributed by atoms with Crippen molar-refractivity contribution >= 4 is 40.5 Å². The number of hydrogen-bond donors (Lipinski definition) is 3. The highest BCUT2D eigenvalue weighted by Gasteiger charge is 2.51. The minimum atomic E-state index is -1.05. The second-order valence-corrected chi connectivity index (χ2v) is 10.6. The van der Waals surface area contributed by atoms with Crippen molar-refractivity contribution in [2.75, 3.05) is 10.6 Å². The zero-order valence-corrected chi connectivity index (χ0v) is 20.3. The highest BCUT2D eigenvalue weighted by atomic mass is 35.5. The van der Waals surface area contributed by atoms with E-state index in [1.807, 2.05) is 24.3 Å². The predicted octanol–water partition coefficient (Wildman–Crippen LogP) is 7.63. The Hall–Kier alpha value is -3.05. The molecule has 1 aromatic heterocycles. The average molecular weight is 476 g/mol. The molecule has 2 saturated carbocycles. The van der Waals surface area contributed by atoms with Crippen molar-refractivity contribution in [3.8, 4) is 0 Å². The Morgan fingerprint density at radius 3 is 2.24 bits per heavy atom.